The van der Waals surface area contributed by atoms with Crippen LogP contribution in [-0.4, -0.2) is 27.3 Å². The molecule has 2 aromatic heterocycles. The van der Waals surface area contributed by atoms with Crippen molar-refractivity contribution in [3.8, 4) is 5.82 Å². The molecular weight excluding hydrogens is 381 g/mol. The van der Waals surface area contributed by atoms with Gasteiger partial charge in [-0.25, -0.2) is 14.7 Å². The normalized spacial score (nSPS) is 12.1. The number of nitrogens with zero attached hydrogens (tertiary/aromatic N) is 4. The van der Waals surface area contributed by atoms with Gasteiger partial charge in [-0.15, -0.1) is 0 Å². The van der Waals surface area contributed by atoms with Crippen LogP contribution in [0.2, 0.25) is 0 Å². The molecule has 29 heavy (non-hydrogen) atoms. The minimum absolute atomic E-state index is 0.133. The van der Waals surface area contributed by atoms with E-state index in [4.69, 9.17) is 0 Å². The van der Waals surface area contributed by atoms with Gasteiger partial charge in [0.15, 0.2) is 11.8 Å². The van der Waals surface area contributed by atoms with Crippen LogP contribution in [0, 0.1) is 0 Å². The lowest BCUT2D eigenvalue weighted by atomic mass is 10.1. The first-order chi connectivity index (χ1) is 14.0. The number of nitrogens with one attached hydrogen (secondary N) is 2. The highest BCUT2D eigenvalue weighted by molar-refractivity contribution is 5.79. The predicted octanol–water partition coefficient (Wildman–Crippen LogP) is 3.54. The highest BCUT2D eigenvalue weighted by atomic mass is 19.4. The maximum Gasteiger partial charge on any atom is 0.416 e. The van der Waals surface area contributed by atoms with Crippen molar-refractivity contribution in [3.05, 3.63) is 77.7 Å². The van der Waals surface area contributed by atoms with Crippen molar-refractivity contribution < 1.29 is 13.2 Å². The smallest absolute Gasteiger partial charge is 0.357 e. The quantitative estimate of drug-likeness (QED) is 0.489. The molecule has 0 unspecified atom stereocenters. The first kappa shape index (κ1) is 20.4. The van der Waals surface area contributed by atoms with Crippen LogP contribution < -0.4 is 10.6 Å². The summed E-state index contributed by atoms with van der Waals surface area (Å²) in [5.74, 6) is 1.21. The van der Waals surface area contributed by atoms with Crippen LogP contribution in [0.4, 0.5) is 13.2 Å². The van der Waals surface area contributed by atoms with Crippen molar-refractivity contribution in [2.75, 3.05) is 6.54 Å². The Bertz CT molecular complexity index is 951. The van der Waals surface area contributed by atoms with Crippen LogP contribution in [0.25, 0.3) is 5.82 Å². The van der Waals surface area contributed by atoms with Crippen molar-refractivity contribution in [3.63, 3.8) is 0 Å². The minimum atomic E-state index is -4.36. The summed E-state index contributed by atoms with van der Waals surface area (Å²) in [4.78, 5) is 8.67. The number of hydrogen-bond acceptors (Lipinski definition) is 3. The summed E-state index contributed by atoms with van der Waals surface area (Å²) in [7, 11) is 0. The molecule has 0 fully saturated rings. The van der Waals surface area contributed by atoms with Crippen LogP contribution >= 0.6 is 0 Å². The fraction of sp³-hybridized carbons (Fsp3) is 0.250. The molecule has 0 spiro atoms. The molecule has 3 rings (SSSR count). The number of alkyl halides is 3. The number of aromatic nitrogens is 3. The van der Waals surface area contributed by atoms with E-state index in [0.717, 1.165) is 17.7 Å². The lowest BCUT2D eigenvalue weighted by Gasteiger charge is -2.12. The van der Waals surface area contributed by atoms with Crippen molar-refractivity contribution >= 4 is 5.96 Å². The molecule has 0 aliphatic rings. The van der Waals surface area contributed by atoms with Gasteiger partial charge in [0, 0.05) is 31.7 Å². The third-order valence-corrected chi connectivity index (χ3v) is 4.03. The Morgan fingerprint density at radius 1 is 1.07 bits per heavy atom. The van der Waals surface area contributed by atoms with Gasteiger partial charge in [-0.2, -0.15) is 18.3 Å². The molecule has 0 bridgehead atoms. The first-order valence-corrected chi connectivity index (χ1v) is 9.09. The Kier molecular flexibility index (Phi) is 6.48. The van der Waals surface area contributed by atoms with Gasteiger partial charge in [0.05, 0.1) is 12.1 Å². The number of pyridine rings is 1. The molecule has 0 radical (unpaired) electrons. The number of benzene rings is 1. The molecule has 0 saturated heterocycles. The van der Waals surface area contributed by atoms with Gasteiger partial charge in [-0.1, -0.05) is 12.1 Å². The molecule has 3 aromatic rings. The van der Waals surface area contributed by atoms with Crippen LogP contribution in [0.15, 0.2) is 66.0 Å². The number of guanidine groups is 1. The highest BCUT2D eigenvalue weighted by Crippen LogP contribution is 2.29. The maximum absolute atomic E-state index is 12.9. The van der Waals surface area contributed by atoms with Gasteiger partial charge in [-0.05, 0) is 48.4 Å². The molecule has 2 heterocycles. The van der Waals surface area contributed by atoms with E-state index in [1.807, 2.05) is 25.1 Å². The molecule has 0 aliphatic heterocycles. The average molecular weight is 402 g/mol. The van der Waals surface area contributed by atoms with Crippen molar-refractivity contribution in [1.29, 1.82) is 0 Å². The molecule has 0 atom stereocenters. The zero-order valence-electron chi connectivity index (χ0n) is 15.8. The van der Waals surface area contributed by atoms with Crippen LogP contribution in [0.5, 0.6) is 0 Å². The van der Waals surface area contributed by atoms with E-state index in [0.29, 0.717) is 30.4 Å². The number of hydrogen-bond donors (Lipinski definition) is 2. The van der Waals surface area contributed by atoms with E-state index in [2.05, 4.69) is 25.7 Å². The summed E-state index contributed by atoms with van der Waals surface area (Å²) in [6.45, 7) is 3.16. The van der Waals surface area contributed by atoms with Gasteiger partial charge in [0.25, 0.3) is 0 Å². The lowest BCUT2D eigenvalue weighted by molar-refractivity contribution is -0.137. The SMILES string of the molecule is CCNC(=NCc1cccc(C(F)(F)F)c1)NCc1ccnc(-n2cccn2)c1. The third kappa shape index (κ3) is 5.81. The molecule has 0 aliphatic carbocycles. The lowest BCUT2D eigenvalue weighted by Crippen LogP contribution is -2.36. The van der Waals surface area contributed by atoms with Crippen molar-refractivity contribution in [2.45, 2.75) is 26.2 Å². The molecular formula is C20H21F3N6. The first-order valence-electron chi connectivity index (χ1n) is 9.09. The second-order valence-electron chi connectivity index (χ2n) is 6.22. The molecule has 9 heteroatoms. The van der Waals surface area contributed by atoms with E-state index in [1.54, 1.807) is 29.3 Å². The monoisotopic (exact) mass is 402 g/mol. The van der Waals surface area contributed by atoms with Gasteiger partial charge in [-0.3, -0.25) is 0 Å². The van der Waals surface area contributed by atoms with E-state index in [1.165, 1.54) is 6.07 Å². The second kappa shape index (κ2) is 9.22. The molecule has 152 valence electrons. The summed E-state index contributed by atoms with van der Waals surface area (Å²) < 4.78 is 40.2. The third-order valence-electron chi connectivity index (χ3n) is 4.03. The fourth-order valence-corrected chi connectivity index (χ4v) is 2.64. The molecule has 0 saturated carbocycles. The standard InChI is InChI=1S/C20H21F3N6/c1-2-24-19(26-13-15-5-3-6-17(11-15)20(21,22)23)27-14-16-7-9-25-18(12-16)29-10-4-8-28-29/h3-12H,2,13-14H2,1H3,(H2,24,26,27). The Morgan fingerprint density at radius 3 is 2.66 bits per heavy atom. The number of rotatable bonds is 6. The summed E-state index contributed by atoms with van der Waals surface area (Å²) in [6, 6.07) is 10.8. The topological polar surface area (TPSA) is 67.1 Å². The van der Waals surface area contributed by atoms with Gasteiger partial charge in [0.2, 0.25) is 0 Å². The van der Waals surface area contributed by atoms with Crippen molar-refractivity contribution in [1.82, 2.24) is 25.4 Å². The summed E-state index contributed by atoms with van der Waals surface area (Å²) in [6.07, 6.45) is 0.813. The van der Waals surface area contributed by atoms with Crippen molar-refractivity contribution in [2.24, 2.45) is 4.99 Å². The summed E-state index contributed by atoms with van der Waals surface area (Å²) in [5, 5.41) is 10.4. The zero-order valence-corrected chi connectivity index (χ0v) is 15.8. The van der Waals surface area contributed by atoms with Crippen LogP contribution in [0.3, 0.4) is 0 Å². The highest BCUT2D eigenvalue weighted by Gasteiger charge is 2.30. The second-order valence-corrected chi connectivity index (χ2v) is 6.22. The maximum atomic E-state index is 12.9. The van der Waals surface area contributed by atoms with Gasteiger partial charge < -0.3 is 10.6 Å². The fourth-order valence-electron chi connectivity index (χ4n) is 2.64. The van der Waals surface area contributed by atoms with Gasteiger partial charge in [0.1, 0.15) is 0 Å². The molecule has 0 amide bonds. The van der Waals surface area contributed by atoms with Gasteiger partial charge >= 0.3 is 6.18 Å². The molecule has 1 aromatic carbocycles. The van der Waals surface area contributed by atoms with E-state index < -0.39 is 11.7 Å². The Morgan fingerprint density at radius 2 is 1.93 bits per heavy atom. The Labute approximate surface area is 166 Å². The molecule has 2 N–H and O–H groups in total. The predicted molar refractivity (Wildman–Crippen MR) is 104 cm³/mol. The van der Waals surface area contributed by atoms with E-state index in [-0.39, 0.29) is 6.54 Å². The van der Waals surface area contributed by atoms with Crippen LogP contribution in [0.1, 0.15) is 23.6 Å². The Balaban J connectivity index is 1.67. The summed E-state index contributed by atoms with van der Waals surface area (Å²) in [5.41, 5.74) is 0.781. The van der Waals surface area contributed by atoms with Crippen LogP contribution in [-0.2, 0) is 19.3 Å². The van der Waals surface area contributed by atoms with E-state index in [9.17, 15) is 13.2 Å². The zero-order chi connectivity index (χ0) is 20.7. The largest absolute Gasteiger partial charge is 0.416 e. The molecule has 6 nitrogen and oxygen atoms in total. The number of aliphatic imine (C=N–C) groups is 1. The van der Waals surface area contributed by atoms with E-state index >= 15 is 0 Å². The summed E-state index contributed by atoms with van der Waals surface area (Å²) >= 11 is 0. The minimum Gasteiger partial charge on any atom is -0.357 e. The Hall–Kier alpha value is -3.36. The average Bonchev–Trinajstić information content (AvgIpc) is 3.25. The number of halogens is 3.